The summed E-state index contributed by atoms with van der Waals surface area (Å²) in [6.45, 7) is 9.09. The molecule has 21 heavy (non-hydrogen) atoms. The van der Waals surface area contributed by atoms with Gasteiger partial charge in [-0.25, -0.2) is 0 Å². The fourth-order valence-corrected chi connectivity index (χ4v) is 3.34. The average Bonchev–Trinajstić information content (AvgIpc) is 2.35. The molecule has 0 aromatic heterocycles. The smallest absolute Gasteiger partial charge is 0.223 e. The van der Waals surface area contributed by atoms with E-state index >= 15 is 0 Å². The highest BCUT2D eigenvalue weighted by molar-refractivity contribution is 5.81. The Bertz CT molecular complexity index is 382. The molecule has 2 aliphatic carbocycles. The van der Waals surface area contributed by atoms with Crippen molar-refractivity contribution in [2.75, 3.05) is 6.54 Å². The van der Waals surface area contributed by atoms with Gasteiger partial charge >= 0.3 is 0 Å². The van der Waals surface area contributed by atoms with E-state index in [1.54, 1.807) is 0 Å². The zero-order valence-electron chi connectivity index (χ0n) is 13.8. The lowest BCUT2D eigenvalue weighted by molar-refractivity contribution is -0.131. The third-order valence-electron chi connectivity index (χ3n) is 5.12. The van der Waals surface area contributed by atoms with Crippen LogP contribution in [0.15, 0.2) is 0 Å². The van der Waals surface area contributed by atoms with Crippen LogP contribution < -0.4 is 10.6 Å². The summed E-state index contributed by atoms with van der Waals surface area (Å²) >= 11 is 0. The van der Waals surface area contributed by atoms with Gasteiger partial charge in [0, 0.05) is 24.4 Å². The quantitative estimate of drug-likeness (QED) is 0.790. The summed E-state index contributed by atoms with van der Waals surface area (Å²) in [5.41, 5.74) is 0. The van der Waals surface area contributed by atoms with Crippen molar-refractivity contribution >= 4 is 11.8 Å². The van der Waals surface area contributed by atoms with Gasteiger partial charge in [-0.2, -0.15) is 0 Å². The molecule has 0 unspecified atom stereocenters. The molecule has 0 aliphatic heterocycles. The highest BCUT2D eigenvalue weighted by Gasteiger charge is 2.34. The first kappa shape index (κ1) is 16.3. The van der Waals surface area contributed by atoms with E-state index in [4.69, 9.17) is 0 Å². The van der Waals surface area contributed by atoms with Crippen molar-refractivity contribution in [2.45, 2.75) is 59.4 Å². The number of nitrogens with one attached hydrogen (secondary N) is 2. The van der Waals surface area contributed by atoms with Crippen molar-refractivity contribution in [2.24, 2.45) is 29.6 Å². The first-order valence-electron chi connectivity index (χ1n) is 8.44. The molecule has 4 nitrogen and oxygen atoms in total. The molecule has 2 aliphatic rings. The summed E-state index contributed by atoms with van der Waals surface area (Å²) in [6.07, 6.45) is 4.01. The van der Waals surface area contributed by atoms with Crippen molar-refractivity contribution in [3.8, 4) is 0 Å². The highest BCUT2D eigenvalue weighted by atomic mass is 16.2. The Morgan fingerprint density at radius 1 is 0.952 bits per heavy atom. The van der Waals surface area contributed by atoms with Crippen LogP contribution in [0.2, 0.25) is 0 Å². The van der Waals surface area contributed by atoms with Gasteiger partial charge in [-0.15, -0.1) is 0 Å². The first-order valence-corrected chi connectivity index (χ1v) is 8.44. The molecule has 2 rings (SSSR count). The zero-order chi connectivity index (χ0) is 15.6. The second kappa shape index (κ2) is 6.80. The van der Waals surface area contributed by atoms with Gasteiger partial charge in [-0.1, -0.05) is 27.7 Å². The maximum absolute atomic E-state index is 12.2. The molecular weight excluding hydrogens is 264 g/mol. The van der Waals surface area contributed by atoms with Gasteiger partial charge in [-0.05, 0) is 43.4 Å². The predicted octanol–water partition coefficient (Wildman–Crippen LogP) is 2.34. The molecule has 2 saturated carbocycles. The Labute approximate surface area is 128 Å². The summed E-state index contributed by atoms with van der Waals surface area (Å²) in [5, 5.41) is 6.15. The minimum absolute atomic E-state index is 0.0369. The SMILES string of the molecule is CC1CC(C(=O)NC[C@@H](NC(=O)C2CC(C)C2)C(C)C)C1. The average molecular weight is 294 g/mol. The number of carbonyl (C=O) groups excluding carboxylic acids is 2. The molecule has 0 radical (unpaired) electrons. The molecule has 2 amide bonds. The minimum Gasteiger partial charge on any atom is -0.354 e. The van der Waals surface area contributed by atoms with Crippen molar-refractivity contribution < 1.29 is 9.59 Å². The van der Waals surface area contributed by atoms with Gasteiger partial charge in [0.2, 0.25) is 11.8 Å². The molecule has 0 saturated heterocycles. The summed E-state index contributed by atoms with van der Waals surface area (Å²) < 4.78 is 0. The van der Waals surface area contributed by atoms with Crippen LogP contribution in [-0.4, -0.2) is 24.4 Å². The van der Waals surface area contributed by atoms with Crippen LogP contribution in [0.25, 0.3) is 0 Å². The van der Waals surface area contributed by atoms with Crippen molar-refractivity contribution in [1.82, 2.24) is 10.6 Å². The maximum Gasteiger partial charge on any atom is 0.223 e. The summed E-state index contributed by atoms with van der Waals surface area (Å²) in [5.74, 6) is 2.39. The lowest BCUT2D eigenvalue weighted by atomic mass is 9.75. The van der Waals surface area contributed by atoms with Gasteiger partial charge in [0.1, 0.15) is 0 Å². The van der Waals surface area contributed by atoms with Crippen molar-refractivity contribution in [1.29, 1.82) is 0 Å². The Morgan fingerprint density at radius 2 is 1.43 bits per heavy atom. The molecule has 120 valence electrons. The van der Waals surface area contributed by atoms with Gasteiger partial charge in [-0.3, -0.25) is 9.59 Å². The Balaban J connectivity index is 1.74. The Hall–Kier alpha value is -1.06. The highest BCUT2D eigenvalue weighted by Crippen LogP contribution is 2.34. The van der Waals surface area contributed by atoms with Crippen LogP contribution in [-0.2, 0) is 9.59 Å². The van der Waals surface area contributed by atoms with Gasteiger partial charge in [0.05, 0.1) is 0 Å². The molecule has 4 heteroatoms. The molecule has 0 aromatic rings. The summed E-state index contributed by atoms with van der Waals surface area (Å²) in [4.78, 5) is 24.2. The van der Waals surface area contributed by atoms with E-state index in [1.165, 1.54) is 0 Å². The maximum atomic E-state index is 12.2. The van der Waals surface area contributed by atoms with Crippen LogP contribution in [0.5, 0.6) is 0 Å². The molecule has 2 fully saturated rings. The lowest BCUT2D eigenvalue weighted by Gasteiger charge is -2.34. The van der Waals surface area contributed by atoms with E-state index in [0.717, 1.165) is 25.7 Å². The van der Waals surface area contributed by atoms with E-state index in [2.05, 4.69) is 38.3 Å². The molecular formula is C17H30N2O2. The fraction of sp³-hybridized carbons (Fsp3) is 0.882. The fourth-order valence-electron chi connectivity index (χ4n) is 3.34. The van der Waals surface area contributed by atoms with E-state index < -0.39 is 0 Å². The van der Waals surface area contributed by atoms with E-state index in [9.17, 15) is 9.59 Å². The van der Waals surface area contributed by atoms with Gasteiger partial charge < -0.3 is 10.6 Å². The third-order valence-corrected chi connectivity index (χ3v) is 5.12. The number of hydrogen-bond acceptors (Lipinski definition) is 2. The topological polar surface area (TPSA) is 58.2 Å². The van der Waals surface area contributed by atoms with E-state index in [0.29, 0.717) is 24.3 Å². The van der Waals surface area contributed by atoms with Crippen LogP contribution >= 0.6 is 0 Å². The van der Waals surface area contributed by atoms with Crippen molar-refractivity contribution in [3.63, 3.8) is 0 Å². The van der Waals surface area contributed by atoms with Crippen molar-refractivity contribution in [3.05, 3.63) is 0 Å². The normalized spacial score (nSPS) is 32.8. The van der Waals surface area contributed by atoms with Gasteiger partial charge in [0.25, 0.3) is 0 Å². The number of amides is 2. The first-order chi connectivity index (χ1) is 9.86. The van der Waals surface area contributed by atoms with Crippen LogP contribution in [0, 0.1) is 29.6 Å². The van der Waals surface area contributed by atoms with Crippen LogP contribution in [0.1, 0.15) is 53.4 Å². The van der Waals surface area contributed by atoms with Gasteiger partial charge in [0.15, 0.2) is 0 Å². The molecule has 1 atom stereocenters. The summed E-state index contributed by atoms with van der Waals surface area (Å²) in [6, 6.07) is 0.0369. The molecule has 2 N–H and O–H groups in total. The predicted molar refractivity (Wildman–Crippen MR) is 83.6 cm³/mol. The third kappa shape index (κ3) is 4.21. The minimum atomic E-state index is 0.0369. The number of rotatable bonds is 6. The zero-order valence-corrected chi connectivity index (χ0v) is 13.8. The second-order valence-electron chi connectivity index (χ2n) is 7.65. The Morgan fingerprint density at radius 3 is 1.86 bits per heavy atom. The molecule has 0 aromatic carbocycles. The number of hydrogen-bond donors (Lipinski definition) is 2. The number of carbonyl (C=O) groups is 2. The lowest BCUT2D eigenvalue weighted by Crippen LogP contribution is -2.51. The van der Waals surface area contributed by atoms with Crippen LogP contribution in [0.3, 0.4) is 0 Å². The summed E-state index contributed by atoms with van der Waals surface area (Å²) in [7, 11) is 0. The Kier molecular flexibility index (Phi) is 5.28. The van der Waals surface area contributed by atoms with E-state index in [1.807, 2.05) is 0 Å². The molecule has 0 heterocycles. The molecule has 0 bridgehead atoms. The monoisotopic (exact) mass is 294 g/mol. The standard InChI is InChI=1S/C17H30N2O2/c1-10(2)15(19-17(21)14-7-12(4)8-14)9-18-16(20)13-5-11(3)6-13/h10-15H,5-9H2,1-4H3,(H,18,20)(H,19,21)/t11?,12?,13?,14?,15-/m1/s1. The molecule has 0 spiro atoms. The second-order valence-corrected chi connectivity index (χ2v) is 7.65. The van der Waals surface area contributed by atoms with E-state index in [-0.39, 0.29) is 29.7 Å². The van der Waals surface area contributed by atoms with Crippen LogP contribution in [0.4, 0.5) is 0 Å². The largest absolute Gasteiger partial charge is 0.354 e.